The highest BCUT2D eigenvalue weighted by molar-refractivity contribution is 7.92. The van der Waals surface area contributed by atoms with Crippen molar-refractivity contribution >= 4 is 37.3 Å². The maximum Gasteiger partial charge on any atom is 0.255 e. The van der Waals surface area contributed by atoms with Gasteiger partial charge in [0.05, 0.1) is 36.2 Å². The lowest BCUT2D eigenvalue weighted by molar-refractivity contribution is 0.102. The summed E-state index contributed by atoms with van der Waals surface area (Å²) in [7, 11) is -5.82. The standard InChI is InChI=1S/C29H35N3O6S2/c1-21-8-9-22(2)27(18-21)32(39(4,34)35)20-23-10-12-24(13-11-23)29(33)30-26-19-25(14-15-28(26)38-3)40(36,37)31-16-6-5-7-17-31/h8-15,18-19H,5-7,16-17,20H2,1-4H3,(H,30,33). The van der Waals surface area contributed by atoms with E-state index in [2.05, 4.69) is 5.32 Å². The molecule has 0 radical (unpaired) electrons. The third-order valence-electron chi connectivity index (χ3n) is 6.95. The molecule has 1 fully saturated rings. The van der Waals surface area contributed by atoms with Gasteiger partial charge < -0.3 is 10.1 Å². The molecule has 0 saturated carbocycles. The van der Waals surface area contributed by atoms with E-state index in [0.717, 1.165) is 30.4 Å². The maximum absolute atomic E-state index is 13.2. The van der Waals surface area contributed by atoms with Crippen molar-refractivity contribution in [3.05, 3.63) is 82.9 Å². The van der Waals surface area contributed by atoms with Gasteiger partial charge in [0.2, 0.25) is 20.0 Å². The van der Waals surface area contributed by atoms with Crippen molar-refractivity contribution in [2.75, 3.05) is 36.1 Å². The predicted molar refractivity (Wildman–Crippen MR) is 157 cm³/mol. The number of anilines is 2. The zero-order valence-electron chi connectivity index (χ0n) is 23.2. The molecule has 11 heteroatoms. The van der Waals surface area contributed by atoms with Gasteiger partial charge in [0.1, 0.15) is 5.75 Å². The van der Waals surface area contributed by atoms with Crippen LogP contribution in [0.2, 0.25) is 0 Å². The average molecular weight is 586 g/mol. The lowest BCUT2D eigenvalue weighted by atomic mass is 10.1. The molecule has 0 spiro atoms. The van der Waals surface area contributed by atoms with Gasteiger partial charge in [-0.05, 0) is 79.8 Å². The molecule has 3 aromatic carbocycles. The molecule has 0 aliphatic carbocycles. The molecule has 0 unspecified atom stereocenters. The number of carbonyl (C=O) groups excluding carboxylic acids is 1. The largest absolute Gasteiger partial charge is 0.495 e. The molecular formula is C29H35N3O6S2. The van der Waals surface area contributed by atoms with E-state index in [9.17, 15) is 21.6 Å². The minimum atomic E-state index is -3.70. The summed E-state index contributed by atoms with van der Waals surface area (Å²) in [6, 6.07) is 16.7. The first kappa shape index (κ1) is 29.6. The molecule has 1 N–H and O–H groups in total. The number of carbonyl (C=O) groups is 1. The van der Waals surface area contributed by atoms with Crippen molar-refractivity contribution in [2.45, 2.75) is 44.6 Å². The molecule has 1 saturated heterocycles. The Balaban J connectivity index is 1.54. The maximum atomic E-state index is 13.2. The zero-order chi connectivity index (χ0) is 29.1. The minimum Gasteiger partial charge on any atom is -0.495 e. The van der Waals surface area contributed by atoms with Crippen molar-refractivity contribution in [2.24, 2.45) is 0 Å². The van der Waals surface area contributed by atoms with Crippen LogP contribution in [-0.2, 0) is 26.6 Å². The first-order chi connectivity index (χ1) is 18.9. The fraction of sp³-hybridized carbons (Fsp3) is 0.345. The van der Waals surface area contributed by atoms with E-state index in [1.807, 2.05) is 32.0 Å². The van der Waals surface area contributed by atoms with Gasteiger partial charge in [-0.25, -0.2) is 16.8 Å². The van der Waals surface area contributed by atoms with Gasteiger partial charge in [0, 0.05) is 18.7 Å². The van der Waals surface area contributed by atoms with Gasteiger partial charge >= 0.3 is 0 Å². The van der Waals surface area contributed by atoms with Crippen molar-refractivity contribution in [1.82, 2.24) is 4.31 Å². The Labute approximate surface area is 236 Å². The fourth-order valence-electron chi connectivity index (χ4n) is 4.69. The summed E-state index contributed by atoms with van der Waals surface area (Å²) in [6.07, 6.45) is 3.82. The van der Waals surface area contributed by atoms with E-state index in [1.165, 1.54) is 40.2 Å². The monoisotopic (exact) mass is 585 g/mol. The van der Waals surface area contributed by atoms with E-state index in [-0.39, 0.29) is 17.1 Å². The molecule has 3 aromatic rings. The van der Waals surface area contributed by atoms with Gasteiger partial charge in [-0.15, -0.1) is 0 Å². The van der Waals surface area contributed by atoms with Gasteiger partial charge in [0.15, 0.2) is 0 Å². The van der Waals surface area contributed by atoms with E-state index < -0.39 is 26.0 Å². The molecule has 0 bridgehead atoms. The van der Waals surface area contributed by atoms with Crippen molar-refractivity contribution in [3.8, 4) is 5.75 Å². The number of amides is 1. The minimum absolute atomic E-state index is 0.0909. The number of nitrogens with one attached hydrogen (secondary N) is 1. The molecule has 9 nitrogen and oxygen atoms in total. The molecule has 1 aliphatic rings. The molecule has 0 atom stereocenters. The number of sulfonamides is 2. The van der Waals surface area contributed by atoms with Crippen LogP contribution in [0.25, 0.3) is 0 Å². The zero-order valence-corrected chi connectivity index (χ0v) is 24.8. The molecule has 4 rings (SSSR count). The number of nitrogens with zero attached hydrogens (tertiary/aromatic N) is 2. The number of aryl methyl sites for hydroxylation is 2. The highest BCUT2D eigenvalue weighted by Gasteiger charge is 2.27. The van der Waals surface area contributed by atoms with Crippen LogP contribution in [0.5, 0.6) is 5.75 Å². The number of benzene rings is 3. The van der Waals surface area contributed by atoms with Crippen LogP contribution in [0.3, 0.4) is 0 Å². The highest BCUT2D eigenvalue weighted by Crippen LogP contribution is 2.31. The summed E-state index contributed by atoms with van der Waals surface area (Å²) < 4.78 is 59.8. The smallest absolute Gasteiger partial charge is 0.255 e. The van der Waals surface area contributed by atoms with Crippen LogP contribution in [0.1, 0.15) is 46.3 Å². The first-order valence-corrected chi connectivity index (χ1v) is 16.3. The Bertz CT molecular complexity index is 1600. The molecule has 1 amide bonds. The number of hydrogen-bond acceptors (Lipinski definition) is 6. The Morgan fingerprint density at radius 1 is 0.925 bits per heavy atom. The Morgan fingerprint density at radius 2 is 1.60 bits per heavy atom. The van der Waals surface area contributed by atoms with Gasteiger partial charge in [0.25, 0.3) is 5.91 Å². The summed E-state index contributed by atoms with van der Waals surface area (Å²) in [4.78, 5) is 13.2. The normalized spacial score (nSPS) is 14.5. The van der Waals surface area contributed by atoms with Gasteiger partial charge in [-0.2, -0.15) is 4.31 Å². The Hall–Kier alpha value is -3.41. The lowest BCUT2D eigenvalue weighted by Crippen LogP contribution is -2.35. The summed E-state index contributed by atoms with van der Waals surface area (Å²) in [6.45, 7) is 4.83. The van der Waals surface area contributed by atoms with E-state index in [0.29, 0.717) is 35.7 Å². The molecule has 214 valence electrons. The van der Waals surface area contributed by atoms with E-state index in [4.69, 9.17) is 4.74 Å². The molecule has 0 aromatic heterocycles. The van der Waals surface area contributed by atoms with Crippen LogP contribution in [0, 0.1) is 13.8 Å². The van der Waals surface area contributed by atoms with Crippen LogP contribution >= 0.6 is 0 Å². The predicted octanol–water partition coefficient (Wildman–Crippen LogP) is 4.71. The number of piperidine rings is 1. The topological polar surface area (TPSA) is 113 Å². The molecule has 1 heterocycles. The Morgan fingerprint density at radius 3 is 2.23 bits per heavy atom. The summed E-state index contributed by atoms with van der Waals surface area (Å²) in [5, 5.41) is 2.76. The van der Waals surface area contributed by atoms with Crippen molar-refractivity contribution in [1.29, 1.82) is 0 Å². The fourth-order valence-corrected chi connectivity index (χ4v) is 7.17. The second-order valence-electron chi connectivity index (χ2n) is 10.0. The number of rotatable bonds is 9. The van der Waals surface area contributed by atoms with Crippen LogP contribution < -0.4 is 14.4 Å². The molecular weight excluding hydrogens is 550 g/mol. The quantitative estimate of drug-likeness (QED) is 0.389. The number of ether oxygens (including phenoxy) is 1. The van der Waals surface area contributed by atoms with E-state index >= 15 is 0 Å². The Kier molecular flexibility index (Phi) is 8.86. The second-order valence-corrected chi connectivity index (χ2v) is 13.9. The highest BCUT2D eigenvalue weighted by atomic mass is 32.2. The van der Waals surface area contributed by atoms with Crippen molar-refractivity contribution < 1.29 is 26.4 Å². The summed E-state index contributed by atoms with van der Waals surface area (Å²) in [5.41, 5.74) is 3.67. The lowest BCUT2D eigenvalue weighted by Gasteiger charge is -2.26. The van der Waals surface area contributed by atoms with Crippen molar-refractivity contribution in [3.63, 3.8) is 0 Å². The molecule has 1 aliphatic heterocycles. The number of methoxy groups -OCH3 is 1. The molecule has 40 heavy (non-hydrogen) atoms. The average Bonchev–Trinajstić information content (AvgIpc) is 2.93. The summed E-state index contributed by atoms with van der Waals surface area (Å²) in [5.74, 6) is -0.119. The number of hydrogen-bond donors (Lipinski definition) is 1. The third-order valence-corrected chi connectivity index (χ3v) is 9.97. The summed E-state index contributed by atoms with van der Waals surface area (Å²) >= 11 is 0. The van der Waals surface area contributed by atoms with Crippen LogP contribution in [0.15, 0.2) is 65.6 Å². The third kappa shape index (κ3) is 6.65. The SMILES string of the molecule is COc1ccc(S(=O)(=O)N2CCCCC2)cc1NC(=O)c1ccc(CN(c2cc(C)ccc2C)S(C)(=O)=O)cc1. The van der Waals surface area contributed by atoms with Gasteiger partial charge in [-0.3, -0.25) is 9.10 Å². The van der Waals surface area contributed by atoms with Crippen LogP contribution in [-0.4, -0.2) is 53.5 Å². The van der Waals surface area contributed by atoms with Crippen LogP contribution in [0.4, 0.5) is 11.4 Å². The second kappa shape index (κ2) is 12.0. The first-order valence-electron chi connectivity index (χ1n) is 13.0. The van der Waals surface area contributed by atoms with Gasteiger partial charge in [-0.1, -0.05) is 30.7 Å². The van der Waals surface area contributed by atoms with E-state index in [1.54, 1.807) is 24.3 Å².